The maximum Gasteiger partial charge on any atom is 0.0820 e. The molecule has 4 heteroatoms. The molecular formula is C10H17N3S. The Kier molecular flexibility index (Phi) is 3.48. The fraction of sp³-hybridized carbons (Fsp3) is 0.700. The Bertz CT molecular complexity index is 279. The van der Waals surface area contributed by atoms with Crippen LogP contribution in [0.1, 0.15) is 30.7 Å². The Labute approximate surface area is 89.3 Å². The van der Waals surface area contributed by atoms with Gasteiger partial charge in [-0.2, -0.15) is 5.10 Å². The van der Waals surface area contributed by atoms with Gasteiger partial charge in [-0.1, -0.05) is 6.92 Å². The van der Waals surface area contributed by atoms with Crippen LogP contribution in [0.25, 0.3) is 0 Å². The van der Waals surface area contributed by atoms with Crippen LogP contribution in [0.4, 0.5) is 0 Å². The van der Waals surface area contributed by atoms with Crippen molar-refractivity contribution in [1.82, 2.24) is 15.1 Å². The second kappa shape index (κ2) is 4.84. The number of nitrogens with zero attached hydrogens (tertiary/aromatic N) is 2. The number of hydrogen-bond donors (Lipinski definition) is 1. The van der Waals surface area contributed by atoms with Crippen LogP contribution >= 0.6 is 11.8 Å². The third-order valence-corrected chi connectivity index (χ3v) is 3.64. The third kappa shape index (κ3) is 2.30. The lowest BCUT2D eigenvalue weighted by Crippen LogP contribution is -2.24. The van der Waals surface area contributed by atoms with E-state index < -0.39 is 0 Å². The van der Waals surface area contributed by atoms with Crippen LogP contribution in [0.2, 0.25) is 0 Å². The highest BCUT2D eigenvalue weighted by Gasteiger charge is 2.16. The SMILES string of the molecule is CCCn1cc(C2NCCCS2)cn1. The van der Waals surface area contributed by atoms with Gasteiger partial charge in [0.1, 0.15) is 0 Å². The molecule has 1 fully saturated rings. The normalized spacial score (nSPS) is 22.5. The lowest BCUT2D eigenvalue weighted by atomic mass is 10.3. The summed E-state index contributed by atoms with van der Waals surface area (Å²) < 4.78 is 2.03. The van der Waals surface area contributed by atoms with Gasteiger partial charge in [0.05, 0.1) is 11.6 Å². The summed E-state index contributed by atoms with van der Waals surface area (Å²) in [5.74, 6) is 1.26. The summed E-state index contributed by atoms with van der Waals surface area (Å²) >= 11 is 1.98. The Hall–Kier alpha value is -0.480. The highest BCUT2D eigenvalue weighted by atomic mass is 32.2. The van der Waals surface area contributed by atoms with Gasteiger partial charge in [-0.15, -0.1) is 11.8 Å². The van der Waals surface area contributed by atoms with Crippen molar-refractivity contribution in [3.63, 3.8) is 0 Å². The van der Waals surface area contributed by atoms with Crippen molar-refractivity contribution < 1.29 is 0 Å². The van der Waals surface area contributed by atoms with Crippen LogP contribution in [0.15, 0.2) is 12.4 Å². The molecule has 1 aromatic rings. The van der Waals surface area contributed by atoms with Gasteiger partial charge in [-0.25, -0.2) is 0 Å². The van der Waals surface area contributed by atoms with E-state index >= 15 is 0 Å². The number of aryl methyl sites for hydroxylation is 1. The zero-order valence-corrected chi connectivity index (χ0v) is 9.39. The Morgan fingerprint density at radius 1 is 1.71 bits per heavy atom. The summed E-state index contributed by atoms with van der Waals surface area (Å²) in [5, 5.41) is 8.31. The van der Waals surface area contributed by atoms with Crippen LogP contribution in [0, 0.1) is 0 Å². The fourth-order valence-corrected chi connectivity index (χ4v) is 2.74. The van der Waals surface area contributed by atoms with E-state index in [-0.39, 0.29) is 0 Å². The third-order valence-electron chi connectivity index (χ3n) is 2.34. The fourth-order valence-electron chi connectivity index (χ4n) is 1.65. The first-order chi connectivity index (χ1) is 6.90. The quantitative estimate of drug-likeness (QED) is 0.829. The predicted molar refractivity (Wildman–Crippen MR) is 60.3 cm³/mol. The first-order valence-electron chi connectivity index (χ1n) is 5.27. The van der Waals surface area contributed by atoms with Gasteiger partial charge in [0.2, 0.25) is 0 Å². The summed E-state index contributed by atoms with van der Waals surface area (Å²) in [5.41, 5.74) is 1.32. The van der Waals surface area contributed by atoms with Gasteiger partial charge < -0.3 is 5.32 Å². The van der Waals surface area contributed by atoms with Crippen LogP contribution in [-0.2, 0) is 6.54 Å². The predicted octanol–water partition coefficient (Wildman–Crippen LogP) is 2.02. The van der Waals surface area contributed by atoms with Crippen LogP contribution in [-0.4, -0.2) is 22.1 Å². The molecule has 1 N–H and O–H groups in total. The maximum atomic E-state index is 4.34. The lowest BCUT2D eigenvalue weighted by molar-refractivity contribution is 0.600. The average molecular weight is 211 g/mol. The topological polar surface area (TPSA) is 29.9 Å². The van der Waals surface area contributed by atoms with E-state index in [9.17, 15) is 0 Å². The zero-order valence-electron chi connectivity index (χ0n) is 8.57. The molecule has 1 saturated heterocycles. The van der Waals surface area contributed by atoms with Crippen molar-refractivity contribution in [3.05, 3.63) is 18.0 Å². The number of thioether (sulfide) groups is 1. The van der Waals surface area contributed by atoms with E-state index in [1.807, 2.05) is 22.6 Å². The minimum Gasteiger partial charge on any atom is -0.302 e. The molecule has 2 rings (SSSR count). The lowest BCUT2D eigenvalue weighted by Gasteiger charge is -2.21. The molecule has 1 aromatic heterocycles. The molecule has 0 aromatic carbocycles. The number of rotatable bonds is 3. The largest absolute Gasteiger partial charge is 0.302 e. The van der Waals surface area contributed by atoms with Crippen LogP contribution < -0.4 is 5.32 Å². The van der Waals surface area contributed by atoms with Gasteiger partial charge in [-0.05, 0) is 25.1 Å². The Morgan fingerprint density at radius 2 is 2.64 bits per heavy atom. The van der Waals surface area contributed by atoms with Gasteiger partial charge in [-0.3, -0.25) is 4.68 Å². The molecular weight excluding hydrogens is 194 g/mol. The van der Waals surface area contributed by atoms with Crippen molar-refractivity contribution in [1.29, 1.82) is 0 Å². The second-order valence-corrected chi connectivity index (χ2v) is 4.81. The molecule has 1 unspecified atom stereocenters. The Balaban J connectivity index is 2.00. The Morgan fingerprint density at radius 3 is 3.36 bits per heavy atom. The molecule has 0 saturated carbocycles. The smallest absolute Gasteiger partial charge is 0.0820 e. The van der Waals surface area contributed by atoms with Gasteiger partial charge in [0.15, 0.2) is 0 Å². The summed E-state index contributed by atoms with van der Waals surface area (Å²) in [6.45, 7) is 4.34. The van der Waals surface area contributed by atoms with E-state index in [0.29, 0.717) is 5.37 Å². The van der Waals surface area contributed by atoms with Gasteiger partial charge in [0.25, 0.3) is 0 Å². The standard InChI is InChI=1S/C10H17N3S/c1-2-5-13-8-9(7-12-13)10-11-4-3-6-14-10/h7-8,10-11H,2-6H2,1H3. The highest BCUT2D eigenvalue weighted by Crippen LogP contribution is 2.28. The number of hydrogen-bond acceptors (Lipinski definition) is 3. The van der Waals surface area contributed by atoms with Crippen molar-refractivity contribution >= 4 is 11.8 Å². The molecule has 0 radical (unpaired) electrons. The van der Waals surface area contributed by atoms with Crippen molar-refractivity contribution in [3.8, 4) is 0 Å². The molecule has 2 heterocycles. The molecule has 1 aliphatic heterocycles. The summed E-state index contributed by atoms with van der Waals surface area (Å²) in [6, 6.07) is 0. The number of aromatic nitrogens is 2. The van der Waals surface area contributed by atoms with Crippen molar-refractivity contribution in [2.75, 3.05) is 12.3 Å². The molecule has 1 aliphatic rings. The first-order valence-corrected chi connectivity index (χ1v) is 6.32. The minimum absolute atomic E-state index is 0.467. The summed E-state index contributed by atoms with van der Waals surface area (Å²) in [4.78, 5) is 0. The molecule has 0 bridgehead atoms. The van der Waals surface area contributed by atoms with E-state index in [0.717, 1.165) is 19.5 Å². The van der Waals surface area contributed by atoms with E-state index in [1.165, 1.54) is 17.7 Å². The molecule has 0 spiro atoms. The first kappa shape index (κ1) is 10.1. The van der Waals surface area contributed by atoms with E-state index in [4.69, 9.17) is 0 Å². The summed E-state index contributed by atoms with van der Waals surface area (Å²) in [7, 11) is 0. The van der Waals surface area contributed by atoms with Crippen LogP contribution in [0.5, 0.6) is 0 Å². The molecule has 0 amide bonds. The number of nitrogens with one attached hydrogen (secondary N) is 1. The molecule has 0 aliphatic carbocycles. The second-order valence-electron chi connectivity index (χ2n) is 3.60. The van der Waals surface area contributed by atoms with Gasteiger partial charge >= 0.3 is 0 Å². The monoisotopic (exact) mass is 211 g/mol. The highest BCUT2D eigenvalue weighted by molar-refractivity contribution is 7.99. The molecule has 14 heavy (non-hydrogen) atoms. The maximum absolute atomic E-state index is 4.34. The molecule has 3 nitrogen and oxygen atoms in total. The average Bonchev–Trinajstić information content (AvgIpc) is 2.68. The summed E-state index contributed by atoms with van der Waals surface area (Å²) in [6.07, 6.45) is 6.59. The van der Waals surface area contributed by atoms with Crippen molar-refractivity contribution in [2.45, 2.75) is 31.7 Å². The zero-order chi connectivity index (χ0) is 9.80. The van der Waals surface area contributed by atoms with E-state index in [2.05, 4.69) is 23.5 Å². The molecule has 78 valence electrons. The van der Waals surface area contributed by atoms with E-state index in [1.54, 1.807) is 0 Å². The van der Waals surface area contributed by atoms with Crippen LogP contribution in [0.3, 0.4) is 0 Å². The van der Waals surface area contributed by atoms with Gasteiger partial charge in [0, 0.05) is 18.3 Å². The molecule has 1 atom stereocenters. The minimum atomic E-state index is 0.467. The van der Waals surface area contributed by atoms with Crippen molar-refractivity contribution in [2.24, 2.45) is 0 Å².